The third-order valence-corrected chi connectivity index (χ3v) is 13.8. The number of carbonyl (C=O) groups is 2. The molecule has 66 heavy (non-hydrogen) atoms. The number of likely N-dealkylation sites (N-methyl/N-ethyl adjacent to an activating group) is 1. The van der Waals surface area contributed by atoms with E-state index in [0.717, 1.165) is 51.4 Å². The summed E-state index contributed by atoms with van der Waals surface area (Å²) in [5.41, 5.74) is 0. The first-order valence-corrected chi connectivity index (χ1v) is 29.9. The van der Waals surface area contributed by atoms with Gasteiger partial charge >= 0.3 is 19.8 Å². The zero-order valence-electron chi connectivity index (χ0n) is 44.5. The normalized spacial score (nSPS) is 13.4. The lowest BCUT2D eigenvalue weighted by atomic mass is 10.0. The summed E-state index contributed by atoms with van der Waals surface area (Å²) in [6.45, 7) is 4.47. The first-order chi connectivity index (χ1) is 32.0. The second-order valence-corrected chi connectivity index (χ2v) is 22.1. The number of esters is 2. The number of carbonyl (C=O) groups excluding carboxylic acids is 2. The maximum absolute atomic E-state index is 12.8. The minimum Gasteiger partial charge on any atom is -0.462 e. The average molecular weight is 957 g/mol. The van der Waals surface area contributed by atoms with Gasteiger partial charge in [0.15, 0.2) is 6.10 Å². The number of nitrogens with zero attached hydrogens (tertiary/aromatic N) is 1. The molecule has 392 valence electrons. The van der Waals surface area contributed by atoms with Gasteiger partial charge in [-0.1, -0.05) is 244 Å². The van der Waals surface area contributed by atoms with Crippen LogP contribution < -0.4 is 0 Å². The van der Waals surface area contributed by atoms with E-state index in [-0.39, 0.29) is 25.6 Å². The number of hydrogen-bond donors (Lipinski definition) is 1. The molecule has 0 aromatic heterocycles. The molecule has 0 bridgehead atoms. The van der Waals surface area contributed by atoms with E-state index in [1.165, 1.54) is 199 Å². The molecule has 0 aromatic carbocycles. The van der Waals surface area contributed by atoms with E-state index in [0.29, 0.717) is 23.9 Å². The Labute approximate surface area is 409 Å². The van der Waals surface area contributed by atoms with E-state index in [1.807, 2.05) is 21.1 Å². The fraction of sp³-hybridized carbons (Fsp3) is 0.929. The van der Waals surface area contributed by atoms with Crippen LogP contribution in [0, 0.1) is 0 Å². The van der Waals surface area contributed by atoms with Crippen LogP contribution in [-0.2, 0) is 32.7 Å². The molecule has 0 radical (unpaired) electrons. The van der Waals surface area contributed by atoms with Crippen molar-refractivity contribution in [1.82, 2.24) is 0 Å². The molecular formula is C56H111NO8P+. The molecule has 9 nitrogen and oxygen atoms in total. The number of hydrogen-bond acceptors (Lipinski definition) is 7. The van der Waals surface area contributed by atoms with E-state index in [1.54, 1.807) is 0 Å². The quantitative estimate of drug-likeness (QED) is 0.0211. The van der Waals surface area contributed by atoms with Crippen molar-refractivity contribution in [2.24, 2.45) is 0 Å². The molecule has 0 aliphatic heterocycles. The van der Waals surface area contributed by atoms with Gasteiger partial charge in [-0.25, -0.2) is 4.57 Å². The number of ether oxygens (including phenoxy) is 2. The van der Waals surface area contributed by atoms with Crippen LogP contribution >= 0.6 is 7.82 Å². The maximum Gasteiger partial charge on any atom is 0.472 e. The minimum absolute atomic E-state index is 0.0336. The third kappa shape index (κ3) is 52.1. The topological polar surface area (TPSA) is 108 Å². The maximum atomic E-state index is 12.8. The highest BCUT2D eigenvalue weighted by Gasteiger charge is 2.27. The van der Waals surface area contributed by atoms with E-state index in [9.17, 15) is 19.0 Å². The molecule has 10 heteroatoms. The first-order valence-electron chi connectivity index (χ1n) is 28.4. The van der Waals surface area contributed by atoms with Crippen LogP contribution in [0.4, 0.5) is 0 Å². The summed E-state index contributed by atoms with van der Waals surface area (Å²) in [4.78, 5) is 35.6. The van der Waals surface area contributed by atoms with Gasteiger partial charge < -0.3 is 18.9 Å². The van der Waals surface area contributed by atoms with Crippen LogP contribution in [-0.4, -0.2) is 74.9 Å². The number of rotatable bonds is 53. The number of allylic oxidation sites excluding steroid dienone is 2. The van der Waals surface area contributed by atoms with Crippen LogP contribution in [0.1, 0.15) is 284 Å². The van der Waals surface area contributed by atoms with E-state index in [4.69, 9.17) is 18.5 Å². The summed E-state index contributed by atoms with van der Waals surface area (Å²) in [7, 11) is 1.49. The Morgan fingerprint density at radius 2 is 0.773 bits per heavy atom. The van der Waals surface area contributed by atoms with Gasteiger partial charge in [-0.2, -0.15) is 0 Å². The highest BCUT2D eigenvalue weighted by molar-refractivity contribution is 7.47. The van der Waals surface area contributed by atoms with E-state index in [2.05, 4.69) is 26.0 Å². The van der Waals surface area contributed by atoms with Crippen LogP contribution in [0.25, 0.3) is 0 Å². The second-order valence-electron chi connectivity index (χ2n) is 20.7. The summed E-state index contributed by atoms with van der Waals surface area (Å²) in [5, 5.41) is 0. The molecular weight excluding hydrogens is 846 g/mol. The van der Waals surface area contributed by atoms with Crippen LogP contribution in [0.15, 0.2) is 12.2 Å². The Morgan fingerprint density at radius 3 is 1.12 bits per heavy atom. The summed E-state index contributed by atoms with van der Waals surface area (Å²) in [6, 6.07) is 0. The molecule has 0 amide bonds. The lowest BCUT2D eigenvalue weighted by Gasteiger charge is -2.24. The van der Waals surface area contributed by atoms with Gasteiger partial charge in [0.2, 0.25) is 0 Å². The van der Waals surface area contributed by atoms with Gasteiger partial charge in [-0.3, -0.25) is 18.6 Å². The largest absolute Gasteiger partial charge is 0.472 e. The van der Waals surface area contributed by atoms with Gasteiger partial charge in [-0.05, 0) is 38.5 Å². The molecule has 0 fully saturated rings. The van der Waals surface area contributed by atoms with E-state index < -0.39 is 26.5 Å². The molecule has 0 heterocycles. The summed E-state index contributed by atoms with van der Waals surface area (Å²) in [6.07, 6.45) is 55.7. The molecule has 0 aliphatic carbocycles. The van der Waals surface area contributed by atoms with Crippen molar-refractivity contribution in [3.63, 3.8) is 0 Å². The lowest BCUT2D eigenvalue weighted by molar-refractivity contribution is -0.870. The predicted molar refractivity (Wildman–Crippen MR) is 280 cm³/mol. The molecule has 2 unspecified atom stereocenters. The van der Waals surface area contributed by atoms with Crippen molar-refractivity contribution in [3.8, 4) is 0 Å². The molecule has 0 rings (SSSR count). The summed E-state index contributed by atoms with van der Waals surface area (Å²) >= 11 is 0. The van der Waals surface area contributed by atoms with E-state index >= 15 is 0 Å². The standard InChI is InChI=1S/C56H110NO8P/c1-6-8-10-12-14-16-18-20-22-24-25-26-27-28-29-30-31-32-33-35-36-38-40-42-44-46-48-55(58)62-52-54(53-64-66(60,61)63-51-50-57(3,4)5)65-56(59)49-47-45-43-41-39-37-34-23-21-19-17-15-13-11-9-7-2/h23,34,54H,6-22,24-33,35-53H2,1-5H3/p+1/b34-23-. The fourth-order valence-corrected chi connectivity index (χ4v) is 9.11. The Bertz CT molecular complexity index is 1130. The number of unbranched alkanes of at least 4 members (excludes halogenated alkanes) is 37. The van der Waals surface area contributed by atoms with Gasteiger partial charge in [0.25, 0.3) is 0 Å². The summed E-state index contributed by atoms with van der Waals surface area (Å²) < 4.78 is 34.5. The highest BCUT2D eigenvalue weighted by atomic mass is 31.2. The number of quaternary nitrogens is 1. The van der Waals surface area contributed by atoms with Crippen molar-refractivity contribution in [2.75, 3.05) is 47.5 Å². The van der Waals surface area contributed by atoms with Crippen molar-refractivity contribution < 1.29 is 42.1 Å². The molecule has 1 N–H and O–H groups in total. The third-order valence-electron chi connectivity index (χ3n) is 12.8. The monoisotopic (exact) mass is 957 g/mol. The van der Waals surface area contributed by atoms with Crippen molar-refractivity contribution in [2.45, 2.75) is 290 Å². The Balaban J connectivity index is 4.09. The zero-order valence-corrected chi connectivity index (χ0v) is 45.4. The molecule has 0 saturated heterocycles. The number of phosphoric acid groups is 1. The Morgan fingerprint density at radius 1 is 0.455 bits per heavy atom. The highest BCUT2D eigenvalue weighted by Crippen LogP contribution is 2.43. The van der Waals surface area contributed by atoms with Gasteiger partial charge in [0.1, 0.15) is 19.8 Å². The van der Waals surface area contributed by atoms with Crippen molar-refractivity contribution in [1.29, 1.82) is 0 Å². The molecule has 0 saturated carbocycles. The zero-order chi connectivity index (χ0) is 48.5. The Kier molecular flexibility index (Phi) is 47.8. The first kappa shape index (κ1) is 64.8. The Hall–Kier alpha value is -1.25. The van der Waals surface area contributed by atoms with Gasteiger partial charge in [0.05, 0.1) is 27.7 Å². The van der Waals surface area contributed by atoms with Crippen LogP contribution in [0.3, 0.4) is 0 Å². The van der Waals surface area contributed by atoms with Crippen LogP contribution in [0.2, 0.25) is 0 Å². The van der Waals surface area contributed by atoms with Gasteiger partial charge in [-0.15, -0.1) is 0 Å². The smallest absolute Gasteiger partial charge is 0.462 e. The van der Waals surface area contributed by atoms with Crippen molar-refractivity contribution >= 4 is 19.8 Å². The average Bonchev–Trinajstić information content (AvgIpc) is 3.27. The molecule has 0 aromatic rings. The fourth-order valence-electron chi connectivity index (χ4n) is 8.37. The van der Waals surface area contributed by atoms with Crippen molar-refractivity contribution in [3.05, 3.63) is 12.2 Å². The minimum atomic E-state index is -4.38. The SMILES string of the molecule is CCCCCCCCC/C=C\CCCCCCCC(=O)OC(COC(=O)CCCCCCCCCCCCCCCCCCCCCCCCCCCC)COP(=O)(O)OCC[N+](C)(C)C. The predicted octanol–water partition coefficient (Wildman–Crippen LogP) is 17.3. The van der Waals surface area contributed by atoms with Gasteiger partial charge in [0, 0.05) is 12.8 Å². The molecule has 2 atom stereocenters. The molecule has 0 spiro atoms. The number of phosphoric ester groups is 1. The lowest BCUT2D eigenvalue weighted by Crippen LogP contribution is -2.37. The second kappa shape index (κ2) is 48.8. The summed E-state index contributed by atoms with van der Waals surface area (Å²) in [5.74, 6) is -0.790. The van der Waals surface area contributed by atoms with Crippen LogP contribution in [0.5, 0.6) is 0 Å². The molecule has 0 aliphatic rings.